The molecule has 3 rings (SSSR count). The molecule has 2 aromatic rings. The van der Waals surface area contributed by atoms with Crippen LogP contribution in [0.25, 0.3) is 10.6 Å². The average Bonchev–Trinajstić information content (AvgIpc) is 3.14. The average molecular weight is 330 g/mol. The molecule has 0 N–H and O–H groups in total. The zero-order valence-electron chi connectivity index (χ0n) is 14.0. The van der Waals surface area contributed by atoms with Crippen LogP contribution in [0.2, 0.25) is 0 Å². The van der Waals surface area contributed by atoms with E-state index in [0.717, 1.165) is 40.7 Å². The molecular formula is C17H22N4OS. The minimum absolute atomic E-state index is 0.0307. The third kappa shape index (κ3) is 3.27. The highest BCUT2D eigenvalue weighted by Crippen LogP contribution is 2.35. The fourth-order valence-corrected chi connectivity index (χ4v) is 3.62. The van der Waals surface area contributed by atoms with Crippen molar-refractivity contribution in [2.24, 2.45) is 5.41 Å². The van der Waals surface area contributed by atoms with Crippen molar-refractivity contribution >= 4 is 17.2 Å². The van der Waals surface area contributed by atoms with E-state index in [-0.39, 0.29) is 17.4 Å². The van der Waals surface area contributed by atoms with Gasteiger partial charge in [0.1, 0.15) is 5.69 Å². The standard InChI is InChI=1S/C17H22N4OS/c1-11-19-10-15(23-11)13-9-18-8-12(20-13)14-6-5-7-21(14)16(22)17(2,3)4/h8-10,14H,5-7H2,1-4H3/t14-/m1/s1. The Kier molecular flexibility index (Phi) is 4.19. The summed E-state index contributed by atoms with van der Waals surface area (Å²) in [4.78, 5) is 29.1. The van der Waals surface area contributed by atoms with Crippen LogP contribution in [0.4, 0.5) is 0 Å². The molecule has 3 heterocycles. The first kappa shape index (κ1) is 16.1. The molecule has 1 saturated heterocycles. The van der Waals surface area contributed by atoms with Crippen LogP contribution in [0.3, 0.4) is 0 Å². The van der Waals surface area contributed by atoms with E-state index >= 15 is 0 Å². The van der Waals surface area contributed by atoms with Crippen molar-refractivity contribution < 1.29 is 4.79 Å². The summed E-state index contributed by atoms with van der Waals surface area (Å²) < 4.78 is 0. The lowest BCUT2D eigenvalue weighted by Gasteiger charge is -2.30. The lowest BCUT2D eigenvalue weighted by molar-refractivity contribution is -0.140. The maximum Gasteiger partial charge on any atom is 0.228 e. The minimum atomic E-state index is -0.373. The minimum Gasteiger partial charge on any atom is -0.334 e. The summed E-state index contributed by atoms with van der Waals surface area (Å²) in [6.45, 7) is 8.67. The number of likely N-dealkylation sites (tertiary alicyclic amines) is 1. The second kappa shape index (κ2) is 6.00. The van der Waals surface area contributed by atoms with Crippen molar-refractivity contribution in [3.05, 3.63) is 29.3 Å². The van der Waals surface area contributed by atoms with Crippen LogP contribution in [0, 0.1) is 12.3 Å². The zero-order chi connectivity index (χ0) is 16.6. The van der Waals surface area contributed by atoms with E-state index < -0.39 is 0 Å². The van der Waals surface area contributed by atoms with Gasteiger partial charge in [-0.3, -0.25) is 9.78 Å². The first-order valence-corrected chi connectivity index (χ1v) is 8.74. The van der Waals surface area contributed by atoms with Crippen LogP contribution < -0.4 is 0 Å². The highest BCUT2D eigenvalue weighted by atomic mass is 32.1. The Labute approximate surface area is 140 Å². The third-order valence-electron chi connectivity index (χ3n) is 4.02. The Hall–Kier alpha value is -1.82. The Bertz CT molecular complexity index is 719. The smallest absolute Gasteiger partial charge is 0.228 e. The fourth-order valence-electron chi connectivity index (χ4n) is 2.89. The molecule has 0 aromatic carbocycles. The summed E-state index contributed by atoms with van der Waals surface area (Å²) >= 11 is 1.61. The Morgan fingerprint density at radius 3 is 2.74 bits per heavy atom. The molecule has 0 aliphatic carbocycles. The Balaban J connectivity index is 1.90. The number of hydrogen-bond donors (Lipinski definition) is 0. The molecular weight excluding hydrogens is 308 g/mol. The molecule has 5 nitrogen and oxygen atoms in total. The van der Waals surface area contributed by atoms with Crippen LogP contribution in [-0.2, 0) is 4.79 Å². The van der Waals surface area contributed by atoms with Crippen LogP contribution >= 0.6 is 11.3 Å². The van der Waals surface area contributed by atoms with Crippen LogP contribution in [-0.4, -0.2) is 32.3 Å². The molecule has 0 spiro atoms. The highest BCUT2D eigenvalue weighted by Gasteiger charge is 2.36. The fraction of sp³-hybridized carbons (Fsp3) is 0.529. The normalized spacial score (nSPS) is 18.4. The van der Waals surface area contributed by atoms with Gasteiger partial charge in [-0.2, -0.15) is 0 Å². The molecule has 122 valence electrons. The van der Waals surface area contributed by atoms with Gasteiger partial charge < -0.3 is 4.90 Å². The summed E-state index contributed by atoms with van der Waals surface area (Å²) in [7, 11) is 0. The van der Waals surface area contributed by atoms with Gasteiger partial charge in [0.2, 0.25) is 5.91 Å². The molecule has 23 heavy (non-hydrogen) atoms. The number of aryl methyl sites for hydroxylation is 1. The van der Waals surface area contributed by atoms with Crippen molar-refractivity contribution in [2.45, 2.75) is 46.6 Å². The molecule has 0 unspecified atom stereocenters. The highest BCUT2D eigenvalue weighted by molar-refractivity contribution is 7.15. The van der Waals surface area contributed by atoms with E-state index in [9.17, 15) is 4.79 Å². The second-order valence-corrected chi connectivity index (χ2v) is 8.21. The number of carbonyl (C=O) groups excluding carboxylic acids is 1. The van der Waals surface area contributed by atoms with E-state index in [1.807, 2.05) is 38.8 Å². The van der Waals surface area contributed by atoms with E-state index in [2.05, 4.69) is 9.97 Å². The summed E-state index contributed by atoms with van der Waals surface area (Å²) in [5, 5.41) is 1.01. The number of carbonyl (C=O) groups is 1. The van der Waals surface area contributed by atoms with Gasteiger partial charge in [0.15, 0.2) is 0 Å². The van der Waals surface area contributed by atoms with Crippen molar-refractivity contribution in [3.8, 4) is 10.6 Å². The predicted octanol–water partition coefficient (Wildman–Crippen LogP) is 3.62. The molecule has 1 atom stereocenters. The van der Waals surface area contributed by atoms with Gasteiger partial charge >= 0.3 is 0 Å². The van der Waals surface area contributed by atoms with Crippen LogP contribution in [0.1, 0.15) is 50.4 Å². The first-order chi connectivity index (χ1) is 10.9. The second-order valence-electron chi connectivity index (χ2n) is 6.98. The van der Waals surface area contributed by atoms with Crippen LogP contribution in [0.5, 0.6) is 0 Å². The number of thiazole rings is 1. The Morgan fingerprint density at radius 1 is 1.30 bits per heavy atom. The molecule has 1 fully saturated rings. The molecule has 0 bridgehead atoms. The number of rotatable bonds is 2. The Morgan fingerprint density at radius 2 is 2.09 bits per heavy atom. The summed E-state index contributed by atoms with van der Waals surface area (Å²) in [6.07, 6.45) is 7.35. The number of amides is 1. The van der Waals surface area contributed by atoms with E-state index in [4.69, 9.17) is 4.98 Å². The van der Waals surface area contributed by atoms with Crippen molar-refractivity contribution in [3.63, 3.8) is 0 Å². The van der Waals surface area contributed by atoms with Crippen LogP contribution in [0.15, 0.2) is 18.6 Å². The SMILES string of the molecule is Cc1ncc(-c2cncc([C@H]3CCCN3C(=O)C(C)(C)C)n2)s1. The van der Waals surface area contributed by atoms with Gasteiger partial charge in [-0.25, -0.2) is 9.97 Å². The monoisotopic (exact) mass is 330 g/mol. The largest absolute Gasteiger partial charge is 0.334 e. The lowest BCUT2D eigenvalue weighted by atomic mass is 9.94. The maximum absolute atomic E-state index is 12.7. The third-order valence-corrected chi connectivity index (χ3v) is 4.96. The number of nitrogens with zero attached hydrogens (tertiary/aromatic N) is 4. The van der Waals surface area contributed by atoms with Gasteiger partial charge in [-0.05, 0) is 19.8 Å². The molecule has 0 radical (unpaired) electrons. The van der Waals surface area contributed by atoms with E-state index in [1.165, 1.54) is 0 Å². The van der Waals surface area contributed by atoms with Gasteiger partial charge in [0.25, 0.3) is 0 Å². The van der Waals surface area contributed by atoms with Gasteiger partial charge in [0.05, 0.1) is 34.0 Å². The van der Waals surface area contributed by atoms with Gasteiger partial charge in [-0.1, -0.05) is 20.8 Å². The van der Waals surface area contributed by atoms with Gasteiger partial charge in [-0.15, -0.1) is 11.3 Å². The van der Waals surface area contributed by atoms with Crippen molar-refractivity contribution in [1.82, 2.24) is 19.9 Å². The zero-order valence-corrected chi connectivity index (χ0v) is 14.9. The quantitative estimate of drug-likeness (QED) is 0.844. The molecule has 6 heteroatoms. The predicted molar refractivity (Wildman–Crippen MR) is 91.0 cm³/mol. The molecule has 1 amide bonds. The lowest BCUT2D eigenvalue weighted by Crippen LogP contribution is -2.39. The summed E-state index contributed by atoms with van der Waals surface area (Å²) in [5.74, 6) is 0.181. The summed E-state index contributed by atoms with van der Waals surface area (Å²) in [6, 6.07) is 0.0307. The first-order valence-electron chi connectivity index (χ1n) is 7.92. The van der Waals surface area contributed by atoms with Crippen molar-refractivity contribution in [2.75, 3.05) is 6.54 Å². The van der Waals surface area contributed by atoms with E-state index in [0.29, 0.717) is 0 Å². The molecule has 1 aliphatic rings. The van der Waals surface area contributed by atoms with Crippen molar-refractivity contribution in [1.29, 1.82) is 0 Å². The topological polar surface area (TPSA) is 59.0 Å². The van der Waals surface area contributed by atoms with Gasteiger partial charge in [0, 0.05) is 18.2 Å². The van der Waals surface area contributed by atoms with E-state index in [1.54, 1.807) is 23.7 Å². The maximum atomic E-state index is 12.7. The number of aromatic nitrogens is 3. The molecule has 2 aromatic heterocycles. The molecule has 1 aliphatic heterocycles. The number of hydrogen-bond acceptors (Lipinski definition) is 5. The summed E-state index contributed by atoms with van der Waals surface area (Å²) in [5.41, 5.74) is 1.34. The molecule has 0 saturated carbocycles.